The average Bonchev–Trinajstić information content (AvgIpc) is 3.40. The van der Waals surface area contributed by atoms with Crippen LogP contribution in [0.4, 0.5) is 5.82 Å². The van der Waals surface area contributed by atoms with Gasteiger partial charge in [-0.2, -0.15) is 5.26 Å². The molecule has 0 saturated carbocycles. The molecule has 1 amide bonds. The van der Waals surface area contributed by atoms with Crippen molar-refractivity contribution in [1.29, 1.82) is 5.26 Å². The van der Waals surface area contributed by atoms with Gasteiger partial charge in [-0.25, -0.2) is 9.89 Å². The van der Waals surface area contributed by atoms with E-state index in [2.05, 4.69) is 21.6 Å². The first-order valence-corrected chi connectivity index (χ1v) is 12.5. The lowest BCUT2D eigenvalue weighted by molar-refractivity contribution is -0.113. The number of hydrogen-bond donors (Lipinski definition) is 2. The van der Waals surface area contributed by atoms with Crippen LogP contribution in [0.25, 0.3) is 5.69 Å². The molecule has 0 aliphatic heterocycles. The quantitative estimate of drug-likeness (QED) is 0.387. The number of aromatic nitrogens is 4. The highest BCUT2D eigenvalue weighted by Crippen LogP contribution is 2.35. The lowest BCUT2D eigenvalue weighted by Crippen LogP contribution is -2.20. The van der Waals surface area contributed by atoms with Crippen LogP contribution in [-0.2, 0) is 24.2 Å². The highest BCUT2D eigenvalue weighted by molar-refractivity contribution is 7.99. The fourth-order valence-electron chi connectivity index (χ4n) is 4.51. The number of H-pyrrole nitrogens is 1. The van der Waals surface area contributed by atoms with Crippen molar-refractivity contribution < 1.29 is 4.79 Å². The summed E-state index contributed by atoms with van der Waals surface area (Å²) in [6.45, 7) is 0.363. The Morgan fingerprint density at radius 2 is 1.80 bits per heavy atom. The fraction of sp³-hybridized carbons (Fsp3) is 0.231. The summed E-state index contributed by atoms with van der Waals surface area (Å²) >= 11 is 1.18. The van der Waals surface area contributed by atoms with Crippen LogP contribution in [0.2, 0.25) is 0 Å². The first-order valence-electron chi connectivity index (χ1n) is 11.5. The van der Waals surface area contributed by atoms with E-state index in [4.69, 9.17) is 0 Å². The van der Waals surface area contributed by atoms with Crippen molar-refractivity contribution in [3.63, 3.8) is 0 Å². The number of benzene rings is 2. The third kappa shape index (κ3) is 4.66. The Kier molecular flexibility index (Phi) is 6.55. The molecular weight excluding hydrogens is 460 g/mol. The Morgan fingerprint density at radius 1 is 1.09 bits per heavy atom. The summed E-state index contributed by atoms with van der Waals surface area (Å²) in [6, 6.07) is 21.7. The number of hydrogen-bond acceptors (Lipinski definition) is 5. The van der Waals surface area contributed by atoms with Gasteiger partial charge in [0.2, 0.25) is 5.91 Å². The molecule has 0 saturated heterocycles. The van der Waals surface area contributed by atoms with Crippen LogP contribution < -0.4 is 11.0 Å². The van der Waals surface area contributed by atoms with Gasteiger partial charge in [0.25, 0.3) is 0 Å². The van der Waals surface area contributed by atoms with E-state index < -0.39 is 0 Å². The minimum atomic E-state index is -0.325. The Balaban J connectivity index is 1.39. The second kappa shape index (κ2) is 10.1. The molecule has 9 heteroatoms. The highest BCUT2D eigenvalue weighted by Gasteiger charge is 2.27. The maximum Gasteiger partial charge on any atom is 0.344 e. The van der Waals surface area contributed by atoms with Crippen LogP contribution in [0.15, 0.2) is 70.6 Å². The number of fused-ring (bicyclic) bond motifs is 1. The van der Waals surface area contributed by atoms with Crippen LogP contribution in [0.5, 0.6) is 0 Å². The molecule has 0 fully saturated rings. The standard InChI is InChI=1S/C26H24N6O2S/c27-15-21-20-13-7-8-14-22(20)32(19-11-5-2-6-12-19)24(21)28-23(33)17-35-26-30-29-25(34)31(26)16-18-9-3-1-4-10-18/h1-6,9-12H,7-8,13-14,16-17H2,(H,28,33)(H,29,34). The molecule has 0 spiro atoms. The van der Waals surface area contributed by atoms with E-state index in [9.17, 15) is 14.9 Å². The number of para-hydroxylation sites is 1. The zero-order chi connectivity index (χ0) is 24.2. The molecule has 0 unspecified atom stereocenters. The number of rotatable bonds is 7. The number of thioether (sulfide) groups is 1. The SMILES string of the molecule is N#Cc1c2c(n(-c3ccccc3)c1NC(=O)CSc1n[nH]c(=O)n1Cc1ccccc1)CCCC2. The second-order valence-corrected chi connectivity index (χ2v) is 9.30. The van der Waals surface area contributed by atoms with Gasteiger partial charge in [-0.15, -0.1) is 5.10 Å². The maximum absolute atomic E-state index is 13.0. The molecule has 2 aromatic heterocycles. The number of amides is 1. The fourth-order valence-corrected chi connectivity index (χ4v) is 5.26. The molecule has 0 bridgehead atoms. The molecule has 35 heavy (non-hydrogen) atoms. The first kappa shape index (κ1) is 22.7. The molecule has 176 valence electrons. The van der Waals surface area contributed by atoms with Gasteiger partial charge in [-0.1, -0.05) is 60.3 Å². The molecule has 8 nitrogen and oxygen atoms in total. The van der Waals surface area contributed by atoms with Gasteiger partial charge in [-0.3, -0.25) is 13.9 Å². The van der Waals surface area contributed by atoms with E-state index in [1.54, 1.807) is 0 Å². The number of nitrogens with one attached hydrogen (secondary N) is 2. The van der Waals surface area contributed by atoms with Gasteiger partial charge < -0.3 is 5.32 Å². The number of carbonyl (C=O) groups is 1. The first-order chi connectivity index (χ1) is 17.2. The van der Waals surface area contributed by atoms with Crippen molar-refractivity contribution in [3.8, 4) is 11.8 Å². The Morgan fingerprint density at radius 3 is 2.54 bits per heavy atom. The van der Waals surface area contributed by atoms with E-state index in [1.807, 2.05) is 65.2 Å². The molecule has 0 atom stereocenters. The van der Waals surface area contributed by atoms with Crippen molar-refractivity contribution in [3.05, 3.63) is 93.5 Å². The van der Waals surface area contributed by atoms with Crippen molar-refractivity contribution >= 4 is 23.5 Å². The average molecular weight is 485 g/mol. The summed E-state index contributed by atoms with van der Waals surface area (Å²) < 4.78 is 3.52. The molecule has 2 heterocycles. The van der Waals surface area contributed by atoms with Crippen molar-refractivity contribution in [2.24, 2.45) is 0 Å². The van der Waals surface area contributed by atoms with Crippen LogP contribution in [-0.4, -0.2) is 31.0 Å². The summed E-state index contributed by atoms with van der Waals surface area (Å²) in [4.78, 5) is 25.3. The summed E-state index contributed by atoms with van der Waals surface area (Å²) in [5, 5.41) is 20.0. The van der Waals surface area contributed by atoms with Crippen molar-refractivity contribution in [2.45, 2.75) is 37.4 Å². The van der Waals surface area contributed by atoms with E-state index in [1.165, 1.54) is 16.3 Å². The largest absolute Gasteiger partial charge is 0.344 e. The second-order valence-electron chi connectivity index (χ2n) is 8.36. The maximum atomic E-state index is 13.0. The smallest absolute Gasteiger partial charge is 0.310 e. The van der Waals surface area contributed by atoms with Gasteiger partial charge >= 0.3 is 5.69 Å². The highest BCUT2D eigenvalue weighted by atomic mass is 32.2. The van der Waals surface area contributed by atoms with Crippen molar-refractivity contribution in [1.82, 2.24) is 19.3 Å². The minimum absolute atomic E-state index is 0.0502. The number of aromatic amines is 1. The Labute approximate surface area is 206 Å². The van der Waals surface area contributed by atoms with Gasteiger partial charge in [0.05, 0.1) is 17.9 Å². The molecule has 1 aliphatic rings. The van der Waals surface area contributed by atoms with Gasteiger partial charge in [-0.05, 0) is 48.9 Å². The summed E-state index contributed by atoms with van der Waals surface area (Å²) in [6.07, 6.45) is 3.77. The van der Waals surface area contributed by atoms with Crippen LogP contribution >= 0.6 is 11.8 Å². The van der Waals surface area contributed by atoms with E-state index in [0.29, 0.717) is 23.1 Å². The molecule has 4 aromatic rings. The molecule has 0 radical (unpaired) electrons. The summed E-state index contributed by atoms with van der Waals surface area (Å²) in [5.41, 5.74) is 4.20. The van der Waals surface area contributed by atoms with Crippen molar-refractivity contribution in [2.75, 3.05) is 11.1 Å². The topological polar surface area (TPSA) is 108 Å². The van der Waals surface area contributed by atoms with E-state index >= 15 is 0 Å². The number of nitrogens with zero attached hydrogens (tertiary/aromatic N) is 4. The normalized spacial score (nSPS) is 12.7. The molecule has 2 N–H and O–H groups in total. The molecule has 2 aromatic carbocycles. The van der Waals surface area contributed by atoms with Gasteiger partial charge in [0, 0.05) is 11.4 Å². The van der Waals surface area contributed by atoms with Gasteiger partial charge in [0.1, 0.15) is 11.9 Å². The predicted molar refractivity (Wildman–Crippen MR) is 135 cm³/mol. The minimum Gasteiger partial charge on any atom is -0.310 e. The number of carbonyl (C=O) groups excluding carboxylic acids is 1. The molecule has 5 rings (SSSR count). The Hall–Kier alpha value is -4.03. The van der Waals surface area contributed by atoms with Gasteiger partial charge in [0.15, 0.2) is 5.16 Å². The zero-order valence-electron chi connectivity index (χ0n) is 19.0. The predicted octanol–water partition coefficient (Wildman–Crippen LogP) is 3.89. The monoisotopic (exact) mass is 484 g/mol. The molecular formula is C26H24N6O2S. The molecule has 1 aliphatic carbocycles. The van der Waals surface area contributed by atoms with E-state index in [0.717, 1.165) is 48.2 Å². The van der Waals surface area contributed by atoms with Crippen LogP contribution in [0.1, 0.15) is 35.2 Å². The third-order valence-electron chi connectivity index (χ3n) is 6.09. The summed E-state index contributed by atoms with van der Waals surface area (Å²) in [7, 11) is 0. The third-order valence-corrected chi connectivity index (χ3v) is 7.07. The lowest BCUT2D eigenvalue weighted by atomic mass is 9.95. The van der Waals surface area contributed by atoms with Crippen LogP contribution in [0, 0.1) is 11.3 Å². The summed E-state index contributed by atoms with van der Waals surface area (Å²) in [5.74, 6) is 0.300. The lowest BCUT2D eigenvalue weighted by Gasteiger charge is -2.17. The van der Waals surface area contributed by atoms with Crippen LogP contribution in [0.3, 0.4) is 0 Å². The Bertz CT molecular complexity index is 1450. The van der Waals surface area contributed by atoms with E-state index in [-0.39, 0.29) is 17.3 Å². The zero-order valence-corrected chi connectivity index (χ0v) is 19.8. The number of nitriles is 1. The number of anilines is 1.